The van der Waals surface area contributed by atoms with Gasteiger partial charge in [-0.05, 0) is 39.5 Å². The number of carbonyl (C=O) groups excluding carboxylic acids is 1. The molecule has 0 heterocycles. The Labute approximate surface area is 92.3 Å². The topological polar surface area (TPSA) is 78.3 Å². The van der Waals surface area contributed by atoms with Crippen LogP contribution >= 0.6 is 0 Å². The smallest absolute Gasteiger partial charge is 0.237 e. The molecule has 0 rings (SSSR count). The number of hydrogen-bond donors (Lipinski definition) is 2. The van der Waals surface area contributed by atoms with Crippen LogP contribution in [0.3, 0.4) is 0 Å². The van der Waals surface area contributed by atoms with Gasteiger partial charge in [0.05, 0.1) is 11.6 Å². The predicted molar refractivity (Wildman–Crippen MR) is 61.3 cm³/mol. The second kappa shape index (κ2) is 6.80. The number of amides is 1. The highest BCUT2D eigenvalue weighted by Crippen LogP contribution is 2.10. The van der Waals surface area contributed by atoms with Gasteiger partial charge in [0.25, 0.3) is 0 Å². The van der Waals surface area contributed by atoms with Gasteiger partial charge in [0.15, 0.2) is 0 Å². The summed E-state index contributed by atoms with van der Waals surface area (Å²) >= 11 is 0. The van der Waals surface area contributed by atoms with Crippen LogP contribution in [0.15, 0.2) is 0 Å². The van der Waals surface area contributed by atoms with Gasteiger partial charge in [-0.25, -0.2) is 0 Å². The second-order valence-electron chi connectivity index (χ2n) is 4.33. The fraction of sp³-hybridized carbons (Fsp3) is 0.909. The quantitative estimate of drug-likeness (QED) is 0.598. The third kappa shape index (κ3) is 6.47. The third-order valence-electron chi connectivity index (χ3n) is 2.63. The van der Waals surface area contributed by atoms with Gasteiger partial charge in [0, 0.05) is 6.61 Å². The number of rotatable bonds is 8. The van der Waals surface area contributed by atoms with Crippen LogP contribution in [0.25, 0.3) is 0 Å². The van der Waals surface area contributed by atoms with Crippen molar-refractivity contribution in [1.29, 1.82) is 0 Å². The second-order valence-corrected chi connectivity index (χ2v) is 4.33. The Bertz CT molecular complexity index is 193. The summed E-state index contributed by atoms with van der Waals surface area (Å²) in [6, 6.07) is 0. The number of unbranched alkanes of at least 4 members (excludes halogenated alkanes) is 1. The van der Waals surface area contributed by atoms with Crippen molar-refractivity contribution in [2.45, 2.75) is 58.1 Å². The molecule has 0 aromatic rings. The largest absolute Gasteiger partial charge is 0.379 e. The Hall–Kier alpha value is -0.610. The average molecular weight is 216 g/mol. The lowest BCUT2D eigenvalue weighted by Crippen LogP contribution is -2.49. The highest BCUT2D eigenvalue weighted by Gasteiger charge is 2.24. The van der Waals surface area contributed by atoms with E-state index in [1.807, 2.05) is 0 Å². The molecule has 4 heteroatoms. The van der Waals surface area contributed by atoms with E-state index in [1.165, 1.54) is 0 Å². The van der Waals surface area contributed by atoms with Crippen molar-refractivity contribution >= 4 is 5.91 Å². The molecule has 90 valence electrons. The molecular formula is C11H24N2O2. The van der Waals surface area contributed by atoms with Crippen molar-refractivity contribution < 1.29 is 9.53 Å². The van der Waals surface area contributed by atoms with Crippen molar-refractivity contribution in [2.24, 2.45) is 11.5 Å². The summed E-state index contributed by atoms with van der Waals surface area (Å²) in [5.41, 5.74) is 9.99. The lowest BCUT2D eigenvalue weighted by atomic mass is 9.96. The minimum Gasteiger partial charge on any atom is -0.379 e. The molecule has 0 aromatic carbocycles. The van der Waals surface area contributed by atoms with Crippen LogP contribution < -0.4 is 11.5 Å². The van der Waals surface area contributed by atoms with E-state index in [4.69, 9.17) is 16.2 Å². The van der Waals surface area contributed by atoms with Gasteiger partial charge >= 0.3 is 0 Å². The number of nitrogens with two attached hydrogens (primary N) is 2. The van der Waals surface area contributed by atoms with E-state index in [0.717, 1.165) is 25.9 Å². The molecule has 0 aliphatic carbocycles. The molecule has 0 radical (unpaired) electrons. The molecule has 4 N–H and O–H groups in total. The van der Waals surface area contributed by atoms with Gasteiger partial charge in [-0.1, -0.05) is 6.92 Å². The van der Waals surface area contributed by atoms with Crippen LogP contribution in [0, 0.1) is 0 Å². The van der Waals surface area contributed by atoms with Crippen LogP contribution in [0.4, 0.5) is 0 Å². The molecule has 1 amide bonds. The Morgan fingerprint density at radius 2 is 2.07 bits per heavy atom. The van der Waals surface area contributed by atoms with E-state index < -0.39 is 11.4 Å². The molecule has 2 unspecified atom stereocenters. The number of primary amides is 1. The summed E-state index contributed by atoms with van der Waals surface area (Å²) in [7, 11) is 0. The zero-order chi connectivity index (χ0) is 11.9. The predicted octanol–water partition coefficient (Wildman–Crippen LogP) is 1.17. The van der Waals surface area contributed by atoms with E-state index in [2.05, 4.69) is 13.8 Å². The van der Waals surface area contributed by atoms with Crippen molar-refractivity contribution in [2.75, 3.05) is 6.61 Å². The monoisotopic (exact) mass is 216 g/mol. The lowest BCUT2D eigenvalue weighted by Gasteiger charge is -2.20. The molecule has 0 bridgehead atoms. The van der Waals surface area contributed by atoms with Crippen LogP contribution in [-0.2, 0) is 9.53 Å². The molecule has 0 aliphatic heterocycles. The van der Waals surface area contributed by atoms with Gasteiger partial charge in [-0.3, -0.25) is 4.79 Å². The minimum absolute atomic E-state index is 0.311. The van der Waals surface area contributed by atoms with Crippen LogP contribution in [0.1, 0.15) is 46.5 Å². The molecule has 0 spiro atoms. The standard InChI is InChI=1S/C11H24N2O2/c1-4-9(2)15-8-6-5-7-11(3,13)10(12)14/h9H,4-8,13H2,1-3H3,(H2,12,14). The molecule has 0 fully saturated rings. The molecule has 2 atom stereocenters. The van der Waals surface area contributed by atoms with E-state index in [0.29, 0.717) is 12.5 Å². The van der Waals surface area contributed by atoms with Crippen molar-refractivity contribution in [1.82, 2.24) is 0 Å². The maximum absolute atomic E-state index is 10.9. The van der Waals surface area contributed by atoms with Gasteiger partial charge in [0.1, 0.15) is 0 Å². The lowest BCUT2D eigenvalue weighted by molar-refractivity contribution is -0.122. The maximum atomic E-state index is 10.9. The summed E-state index contributed by atoms with van der Waals surface area (Å²) in [6.07, 6.45) is 3.74. The normalized spacial score (nSPS) is 17.1. The first-order chi connectivity index (χ1) is 6.90. The molecule has 0 aliphatic rings. The summed E-state index contributed by atoms with van der Waals surface area (Å²) in [5.74, 6) is -0.439. The minimum atomic E-state index is -0.879. The molecule has 4 nitrogen and oxygen atoms in total. The number of ether oxygens (including phenoxy) is 1. The Morgan fingerprint density at radius 1 is 1.47 bits per heavy atom. The molecular weight excluding hydrogens is 192 g/mol. The van der Waals surface area contributed by atoms with Gasteiger partial charge in [0.2, 0.25) is 5.91 Å². The van der Waals surface area contributed by atoms with E-state index >= 15 is 0 Å². The summed E-state index contributed by atoms with van der Waals surface area (Å²) in [4.78, 5) is 10.9. The fourth-order valence-corrected chi connectivity index (χ4v) is 1.12. The van der Waals surface area contributed by atoms with Crippen LogP contribution in [0.2, 0.25) is 0 Å². The molecule has 15 heavy (non-hydrogen) atoms. The maximum Gasteiger partial charge on any atom is 0.237 e. The highest BCUT2D eigenvalue weighted by atomic mass is 16.5. The summed E-state index contributed by atoms with van der Waals surface area (Å²) in [5, 5.41) is 0. The van der Waals surface area contributed by atoms with E-state index in [1.54, 1.807) is 6.92 Å². The van der Waals surface area contributed by atoms with Gasteiger partial charge in [-0.15, -0.1) is 0 Å². The SMILES string of the molecule is CCC(C)OCCCCC(C)(N)C(N)=O. The average Bonchev–Trinajstić information content (AvgIpc) is 2.16. The Morgan fingerprint density at radius 3 is 2.53 bits per heavy atom. The first kappa shape index (κ1) is 14.4. The zero-order valence-electron chi connectivity index (χ0n) is 10.1. The van der Waals surface area contributed by atoms with Gasteiger partial charge in [-0.2, -0.15) is 0 Å². The highest BCUT2D eigenvalue weighted by molar-refractivity contribution is 5.83. The van der Waals surface area contributed by atoms with E-state index in [-0.39, 0.29) is 0 Å². The Balaban J connectivity index is 3.51. The first-order valence-corrected chi connectivity index (χ1v) is 5.60. The van der Waals surface area contributed by atoms with Gasteiger partial charge < -0.3 is 16.2 Å². The number of hydrogen-bond acceptors (Lipinski definition) is 3. The van der Waals surface area contributed by atoms with Crippen molar-refractivity contribution in [3.05, 3.63) is 0 Å². The van der Waals surface area contributed by atoms with E-state index in [9.17, 15) is 4.79 Å². The number of carbonyl (C=O) groups is 1. The van der Waals surface area contributed by atoms with Crippen molar-refractivity contribution in [3.63, 3.8) is 0 Å². The van der Waals surface area contributed by atoms with Crippen molar-refractivity contribution in [3.8, 4) is 0 Å². The Kier molecular flexibility index (Phi) is 6.52. The molecule has 0 saturated carbocycles. The van der Waals surface area contributed by atoms with Crippen LogP contribution in [0.5, 0.6) is 0 Å². The first-order valence-electron chi connectivity index (χ1n) is 5.60. The fourth-order valence-electron chi connectivity index (χ4n) is 1.12. The summed E-state index contributed by atoms with van der Waals surface area (Å²) < 4.78 is 5.51. The molecule has 0 aromatic heterocycles. The molecule has 0 saturated heterocycles. The summed E-state index contributed by atoms with van der Waals surface area (Å²) in [6.45, 7) is 6.54. The van der Waals surface area contributed by atoms with Crippen LogP contribution in [-0.4, -0.2) is 24.2 Å². The third-order valence-corrected chi connectivity index (χ3v) is 2.63. The zero-order valence-corrected chi connectivity index (χ0v) is 10.1.